The zero-order valence-corrected chi connectivity index (χ0v) is 27.6. The summed E-state index contributed by atoms with van der Waals surface area (Å²) in [6, 6.07) is 19.0. The molecule has 11 nitrogen and oxygen atoms in total. The number of benzene rings is 2. The van der Waals surface area contributed by atoms with E-state index in [9.17, 15) is 25.2 Å². The number of aliphatic hydroxyl groups is 4. The van der Waals surface area contributed by atoms with Crippen molar-refractivity contribution in [1.82, 2.24) is 16.0 Å². The Morgan fingerprint density at radius 2 is 1.87 bits per heavy atom. The first-order valence-corrected chi connectivity index (χ1v) is 17.3. The highest BCUT2D eigenvalue weighted by atomic mass is 32.1. The van der Waals surface area contributed by atoms with Gasteiger partial charge in [-0.15, -0.1) is 11.3 Å². The van der Waals surface area contributed by atoms with Crippen LogP contribution in [0.2, 0.25) is 0 Å². The van der Waals surface area contributed by atoms with Crippen molar-refractivity contribution in [3.05, 3.63) is 76.2 Å². The number of thiophene rings is 1. The van der Waals surface area contributed by atoms with E-state index < -0.39 is 37.3 Å². The predicted molar refractivity (Wildman–Crippen MR) is 180 cm³/mol. The Kier molecular flexibility index (Phi) is 10.9. The normalized spacial score (nSPS) is 28.5. The lowest BCUT2D eigenvalue weighted by Gasteiger charge is -2.40. The molecule has 0 spiro atoms. The lowest BCUT2D eigenvalue weighted by atomic mass is 9.99. The van der Waals surface area contributed by atoms with Crippen molar-refractivity contribution in [2.75, 3.05) is 25.0 Å². The maximum atomic E-state index is 13.3. The Balaban J connectivity index is 1.00. The average molecular weight is 667 g/mol. The molecule has 2 saturated heterocycles. The van der Waals surface area contributed by atoms with Crippen molar-refractivity contribution in [3.8, 4) is 10.4 Å². The van der Waals surface area contributed by atoms with Gasteiger partial charge >= 0.3 is 0 Å². The highest BCUT2D eigenvalue weighted by Gasteiger charge is 2.45. The molecule has 3 heterocycles. The maximum Gasteiger partial charge on any atom is 0.252 e. The topological polar surface area (TPSA) is 165 Å². The average Bonchev–Trinajstić information content (AvgIpc) is 3.72. The largest absolute Gasteiger partial charge is 0.394 e. The number of amides is 1. The van der Waals surface area contributed by atoms with Gasteiger partial charge in [0.05, 0.1) is 24.8 Å². The number of aliphatic hydroxyl groups excluding tert-OH is 4. The SMILES string of the molecule is Cc1ccc(NC2CNC2)cc1C(=O)N[C@H](C)c1cccc(-c2ccc(CN[C@H]3CC[C@@H](O[C@@H]4O[C@H](CO)[C@@H](O)[C@H](O)[C@H]4O)C3)s2)c1. The Labute approximate surface area is 279 Å². The first-order chi connectivity index (χ1) is 22.7. The fourth-order valence-corrected chi connectivity index (χ4v) is 7.35. The molecule has 47 heavy (non-hydrogen) atoms. The number of hydrogen-bond acceptors (Lipinski definition) is 11. The van der Waals surface area contributed by atoms with E-state index in [1.54, 1.807) is 11.3 Å². The highest BCUT2D eigenvalue weighted by Crippen LogP contribution is 2.32. The lowest BCUT2D eigenvalue weighted by molar-refractivity contribution is -0.310. The van der Waals surface area contributed by atoms with E-state index in [1.165, 1.54) is 4.88 Å². The summed E-state index contributed by atoms with van der Waals surface area (Å²) in [5.41, 5.74) is 4.71. The van der Waals surface area contributed by atoms with Crippen LogP contribution in [0.3, 0.4) is 0 Å². The minimum absolute atomic E-state index is 0.0898. The number of carbonyl (C=O) groups is 1. The summed E-state index contributed by atoms with van der Waals surface area (Å²) in [5.74, 6) is -0.0898. The van der Waals surface area contributed by atoms with Gasteiger partial charge in [0.25, 0.3) is 5.91 Å². The molecular weight excluding hydrogens is 620 g/mol. The van der Waals surface area contributed by atoms with E-state index in [4.69, 9.17) is 9.47 Å². The lowest BCUT2D eigenvalue weighted by Crippen LogP contribution is -2.59. The van der Waals surface area contributed by atoms with Crippen LogP contribution < -0.4 is 21.3 Å². The fraction of sp³-hybridized carbons (Fsp3) is 0.514. The molecule has 8 N–H and O–H groups in total. The molecule has 6 rings (SSSR count). The molecule has 1 aromatic heterocycles. The van der Waals surface area contributed by atoms with Gasteiger partial charge in [-0.3, -0.25) is 4.79 Å². The molecule has 1 amide bonds. The number of hydrogen-bond donors (Lipinski definition) is 8. The molecule has 0 unspecified atom stereocenters. The van der Waals surface area contributed by atoms with Crippen LogP contribution >= 0.6 is 11.3 Å². The number of aryl methyl sites for hydroxylation is 1. The smallest absolute Gasteiger partial charge is 0.252 e. The van der Waals surface area contributed by atoms with Gasteiger partial charge in [0.1, 0.15) is 24.4 Å². The van der Waals surface area contributed by atoms with Crippen LogP contribution in [-0.4, -0.2) is 94.9 Å². The second-order valence-electron chi connectivity index (χ2n) is 13.0. The van der Waals surface area contributed by atoms with Gasteiger partial charge in [0.15, 0.2) is 6.29 Å². The van der Waals surface area contributed by atoms with Crippen LogP contribution in [0.4, 0.5) is 5.69 Å². The molecule has 3 aliphatic rings. The molecule has 8 atom stereocenters. The fourth-order valence-electron chi connectivity index (χ4n) is 6.39. The number of ether oxygens (including phenoxy) is 2. The second kappa shape index (κ2) is 15.1. The van der Waals surface area contributed by atoms with Crippen LogP contribution in [0.5, 0.6) is 0 Å². The van der Waals surface area contributed by atoms with Gasteiger partial charge in [-0.05, 0) is 80.1 Å². The second-order valence-corrected chi connectivity index (χ2v) is 14.1. The van der Waals surface area contributed by atoms with Crippen molar-refractivity contribution in [2.24, 2.45) is 0 Å². The van der Waals surface area contributed by atoms with Gasteiger partial charge in [-0.2, -0.15) is 0 Å². The Morgan fingerprint density at radius 3 is 2.64 bits per heavy atom. The molecule has 254 valence electrons. The van der Waals surface area contributed by atoms with Crippen LogP contribution in [0.25, 0.3) is 10.4 Å². The minimum atomic E-state index is -1.44. The molecular formula is C35H46N4O7S. The van der Waals surface area contributed by atoms with E-state index in [-0.39, 0.29) is 24.1 Å². The minimum Gasteiger partial charge on any atom is -0.394 e. The van der Waals surface area contributed by atoms with Crippen LogP contribution in [0.1, 0.15) is 58.6 Å². The molecule has 1 aliphatic carbocycles. The van der Waals surface area contributed by atoms with E-state index in [0.717, 1.165) is 59.6 Å². The standard InChI is InChI=1S/C35H46N4O7S/c1-19-6-7-24(39-25-15-36-16-25)14-28(19)34(44)38-20(2)21-4-3-5-22(12-21)30-11-10-27(47-30)17-37-23-8-9-26(13-23)45-35-33(43)32(42)31(41)29(18-40)46-35/h3-7,10-12,14,20,23,25-26,29,31-33,35-37,39-43H,8-9,13,15-18H2,1-2H3,(H,38,44)/t20-,23+,26-,29-,31-,32+,33-,35-/m1/s1. The van der Waals surface area contributed by atoms with Gasteiger partial charge in [-0.25, -0.2) is 0 Å². The van der Waals surface area contributed by atoms with Crippen molar-refractivity contribution >= 4 is 22.9 Å². The Bertz CT molecular complexity index is 1510. The highest BCUT2D eigenvalue weighted by molar-refractivity contribution is 7.15. The summed E-state index contributed by atoms with van der Waals surface area (Å²) in [6.07, 6.45) is -4.11. The van der Waals surface area contributed by atoms with E-state index in [1.807, 2.05) is 44.2 Å². The molecule has 2 aliphatic heterocycles. The zero-order chi connectivity index (χ0) is 33.1. The summed E-state index contributed by atoms with van der Waals surface area (Å²) >= 11 is 1.73. The van der Waals surface area contributed by atoms with Crippen molar-refractivity contribution < 1.29 is 34.7 Å². The first-order valence-electron chi connectivity index (χ1n) is 16.5. The quantitative estimate of drug-likeness (QED) is 0.144. The zero-order valence-electron chi connectivity index (χ0n) is 26.8. The molecule has 2 aromatic carbocycles. The summed E-state index contributed by atoms with van der Waals surface area (Å²) in [5, 5.41) is 53.3. The molecule has 0 radical (unpaired) electrons. The number of anilines is 1. The summed E-state index contributed by atoms with van der Waals surface area (Å²) < 4.78 is 11.5. The third-order valence-corrected chi connectivity index (χ3v) is 10.6. The van der Waals surface area contributed by atoms with Crippen molar-refractivity contribution in [3.63, 3.8) is 0 Å². The Morgan fingerprint density at radius 1 is 1.04 bits per heavy atom. The van der Waals surface area contributed by atoms with Crippen molar-refractivity contribution in [2.45, 2.75) is 94.6 Å². The molecule has 1 saturated carbocycles. The van der Waals surface area contributed by atoms with E-state index >= 15 is 0 Å². The monoisotopic (exact) mass is 666 g/mol. The molecule has 12 heteroatoms. The van der Waals surface area contributed by atoms with Gasteiger partial charge in [0.2, 0.25) is 0 Å². The van der Waals surface area contributed by atoms with Crippen LogP contribution in [0, 0.1) is 6.92 Å². The van der Waals surface area contributed by atoms with E-state index in [2.05, 4.69) is 45.5 Å². The maximum absolute atomic E-state index is 13.3. The van der Waals surface area contributed by atoms with Crippen molar-refractivity contribution in [1.29, 1.82) is 0 Å². The first kappa shape index (κ1) is 34.0. The Hall–Kier alpha value is -2.91. The molecule has 3 fully saturated rings. The van der Waals surface area contributed by atoms with Gasteiger partial charge in [-0.1, -0.05) is 24.3 Å². The summed E-state index contributed by atoms with van der Waals surface area (Å²) in [7, 11) is 0. The van der Waals surface area contributed by atoms with Gasteiger partial charge < -0.3 is 51.2 Å². The summed E-state index contributed by atoms with van der Waals surface area (Å²) in [6.45, 7) is 6.05. The van der Waals surface area contributed by atoms with Crippen LogP contribution in [-0.2, 0) is 16.0 Å². The van der Waals surface area contributed by atoms with Gasteiger partial charge in [0, 0.05) is 46.7 Å². The third kappa shape index (κ3) is 8.05. The number of rotatable bonds is 12. The summed E-state index contributed by atoms with van der Waals surface area (Å²) in [4.78, 5) is 15.6. The molecule has 3 aromatic rings. The number of carbonyl (C=O) groups excluding carboxylic acids is 1. The predicted octanol–water partition coefficient (Wildman–Crippen LogP) is 2.43. The molecule has 0 bridgehead atoms. The third-order valence-electron chi connectivity index (χ3n) is 9.44. The van der Waals surface area contributed by atoms with E-state index in [0.29, 0.717) is 18.2 Å². The van der Waals surface area contributed by atoms with Crippen LogP contribution in [0.15, 0.2) is 54.6 Å². The number of nitrogens with one attached hydrogen (secondary N) is 4.